The van der Waals surface area contributed by atoms with Crippen LogP contribution in [0.15, 0.2) is 0 Å². The van der Waals surface area contributed by atoms with Gasteiger partial charge in [-0.05, 0) is 11.6 Å². The van der Waals surface area contributed by atoms with Crippen LogP contribution in [0.1, 0.15) is 0 Å². The summed E-state index contributed by atoms with van der Waals surface area (Å²) in [5.41, 5.74) is 0. The second-order valence-electron chi connectivity index (χ2n) is 2.70. The number of halogens is 9. The fourth-order valence-corrected chi connectivity index (χ4v) is 1.31. The molecule has 2 atom stereocenters. The summed E-state index contributed by atoms with van der Waals surface area (Å²) in [5, 5.41) is -3.96. The van der Waals surface area contributed by atoms with Gasteiger partial charge in [-0.2, -0.15) is 17.6 Å². The minimum absolute atomic E-state index is 3.32. The molecule has 1 rings (SSSR count). The van der Waals surface area contributed by atoms with E-state index >= 15 is 0 Å². The lowest BCUT2D eigenvalue weighted by molar-refractivity contribution is -0.392. The van der Waals surface area contributed by atoms with Gasteiger partial charge in [-0.25, -0.2) is 8.78 Å². The minimum Gasteiger partial charge on any atom is -0.295 e. The third kappa shape index (κ3) is 1.94. The van der Waals surface area contributed by atoms with Crippen LogP contribution in [0.25, 0.3) is 0 Å². The van der Waals surface area contributed by atoms with Crippen LogP contribution < -0.4 is 0 Å². The Morgan fingerprint density at radius 3 is 1.56 bits per heavy atom. The van der Waals surface area contributed by atoms with Gasteiger partial charge < -0.3 is 0 Å². The SMILES string of the molecule is FC(F)C1(C(F)(F)F)OC(F)(Cl)C(Cl)(Cl)O1. The molecular formula is C5HCl3F6O2. The third-order valence-electron chi connectivity index (χ3n) is 1.58. The van der Waals surface area contributed by atoms with Crippen molar-refractivity contribution in [2.75, 3.05) is 0 Å². The van der Waals surface area contributed by atoms with Crippen molar-refractivity contribution in [2.45, 2.75) is 28.2 Å². The predicted octanol–water partition coefficient (Wildman–Crippen LogP) is 3.55. The van der Waals surface area contributed by atoms with Gasteiger partial charge in [0.1, 0.15) is 0 Å². The van der Waals surface area contributed by atoms with Gasteiger partial charge >= 0.3 is 23.7 Å². The molecule has 0 radical (unpaired) electrons. The highest BCUT2D eigenvalue weighted by Gasteiger charge is 2.79. The quantitative estimate of drug-likeness (QED) is 0.544. The molecule has 0 N–H and O–H groups in total. The normalized spacial score (nSPS) is 39.4. The van der Waals surface area contributed by atoms with Gasteiger partial charge in [0.2, 0.25) is 0 Å². The van der Waals surface area contributed by atoms with Crippen LogP contribution in [0.4, 0.5) is 26.3 Å². The average molecular weight is 313 g/mol. The predicted molar refractivity (Wildman–Crippen MR) is 41.1 cm³/mol. The standard InChI is InChI=1S/C5HCl3F6O2/c6-3(7)4(8,11)16-2(15-3,1(9)10)5(12,13)14/h1H. The van der Waals surface area contributed by atoms with E-state index in [0.717, 1.165) is 0 Å². The fraction of sp³-hybridized carbons (Fsp3) is 1.00. The molecule has 2 nitrogen and oxygen atoms in total. The second-order valence-corrected chi connectivity index (χ2v) is 4.45. The molecule has 0 amide bonds. The molecule has 96 valence electrons. The van der Waals surface area contributed by atoms with E-state index in [4.69, 9.17) is 23.2 Å². The molecular weight excluding hydrogens is 312 g/mol. The largest absolute Gasteiger partial charge is 0.449 e. The van der Waals surface area contributed by atoms with Gasteiger partial charge in [-0.1, -0.05) is 23.2 Å². The van der Waals surface area contributed by atoms with Crippen LogP contribution in [0.3, 0.4) is 0 Å². The Kier molecular flexibility index (Phi) is 3.32. The summed E-state index contributed by atoms with van der Waals surface area (Å²) in [6, 6.07) is 0. The Bertz CT molecular complexity index is 274. The van der Waals surface area contributed by atoms with Gasteiger partial charge in [0.25, 0.3) is 4.52 Å². The highest BCUT2D eigenvalue weighted by Crippen LogP contribution is 2.59. The highest BCUT2D eigenvalue weighted by molar-refractivity contribution is 6.51. The first-order valence-electron chi connectivity index (χ1n) is 3.36. The second kappa shape index (κ2) is 3.68. The maximum atomic E-state index is 13.1. The number of hydrogen-bond acceptors (Lipinski definition) is 2. The van der Waals surface area contributed by atoms with Crippen molar-refractivity contribution in [3.63, 3.8) is 0 Å². The first kappa shape index (κ1) is 14.4. The zero-order valence-corrected chi connectivity index (χ0v) is 9.06. The van der Waals surface area contributed by atoms with Crippen molar-refractivity contribution in [3.05, 3.63) is 0 Å². The van der Waals surface area contributed by atoms with Crippen LogP contribution in [0.2, 0.25) is 0 Å². The molecule has 2 unspecified atom stereocenters. The van der Waals surface area contributed by atoms with E-state index in [9.17, 15) is 26.3 Å². The first-order valence-corrected chi connectivity index (χ1v) is 4.50. The van der Waals surface area contributed by atoms with Crippen molar-refractivity contribution in [1.82, 2.24) is 0 Å². The lowest BCUT2D eigenvalue weighted by Crippen LogP contribution is -2.53. The molecule has 0 spiro atoms. The van der Waals surface area contributed by atoms with Crippen LogP contribution >= 0.6 is 34.8 Å². The Balaban J connectivity index is 3.21. The molecule has 0 aromatic rings. The van der Waals surface area contributed by atoms with Gasteiger partial charge in [-0.15, -0.1) is 0 Å². The summed E-state index contributed by atoms with van der Waals surface area (Å²) in [4.78, 5) is 0. The fourth-order valence-electron chi connectivity index (χ4n) is 0.849. The molecule has 0 aromatic heterocycles. The van der Waals surface area contributed by atoms with Crippen LogP contribution in [-0.2, 0) is 9.47 Å². The lowest BCUT2D eigenvalue weighted by atomic mass is 10.3. The molecule has 1 aliphatic heterocycles. The van der Waals surface area contributed by atoms with E-state index in [0.29, 0.717) is 0 Å². The lowest BCUT2D eigenvalue weighted by Gasteiger charge is -2.28. The molecule has 1 fully saturated rings. The summed E-state index contributed by atoms with van der Waals surface area (Å²) in [6.07, 6.45) is -10.1. The van der Waals surface area contributed by atoms with E-state index in [2.05, 4.69) is 21.1 Å². The van der Waals surface area contributed by atoms with Crippen molar-refractivity contribution in [1.29, 1.82) is 0 Å². The first-order chi connectivity index (χ1) is 6.86. The molecule has 0 bridgehead atoms. The van der Waals surface area contributed by atoms with E-state index in [1.807, 2.05) is 0 Å². The minimum atomic E-state index is -5.78. The maximum absolute atomic E-state index is 13.1. The van der Waals surface area contributed by atoms with Crippen LogP contribution in [0, 0.1) is 0 Å². The van der Waals surface area contributed by atoms with Crippen LogP contribution in [-0.4, -0.2) is 28.2 Å². The topological polar surface area (TPSA) is 18.5 Å². The summed E-state index contributed by atoms with van der Waals surface area (Å²) >= 11 is 14.4. The number of ether oxygens (including phenoxy) is 2. The van der Waals surface area contributed by atoms with Crippen LogP contribution in [0.5, 0.6) is 0 Å². The monoisotopic (exact) mass is 312 g/mol. The summed E-state index contributed by atoms with van der Waals surface area (Å²) in [5.74, 6) is -4.60. The van der Waals surface area contributed by atoms with Crippen molar-refractivity contribution < 1.29 is 35.8 Å². The molecule has 1 saturated heterocycles. The van der Waals surface area contributed by atoms with E-state index in [-0.39, 0.29) is 0 Å². The Morgan fingerprint density at radius 2 is 1.44 bits per heavy atom. The van der Waals surface area contributed by atoms with Gasteiger partial charge in [-0.3, -0.25) is 9.47 Å². The van der Waals surface area contributed by atoms with Gasteiger partial charge in [0.15, 0.2) is 0 Å². The molecule has 1 aliphatic rings. The zero-order chi connectivity index (χ0) is 13.0. The number of alkyl halides is 9. The molecule has 0 saturated carbocycles. The maximum Gasteiger partial charge on any atom is 0.449 e. The molecule has 0 aliphatic carbocycles. The van der Waals surface area contributed by atoms with Gasteiger partial charge in [0.05, 0.1) is 0 Å². The smallest absolute Gasteiger partial charge is 0.295 e. The van der Waals surface area contributed by atoms with Gasteiger partial charge in [0, 0.05) is 0 Å². The van der Waals surface area contributed by atoms with E-state index in [1.165, 1.54) is 0 Å². The third-order valence-corrected chi connectivity index (χ3v) is 2.76. The molecule has 16 heavy (non-hydrogen) atoms. The van der Waals surface area contributed by atoms with Crippen molar-refractivity contribution in [2.24, 2.45) is 0 Å². The van der Waals surface area contributed by atoms with Crippen molar-refractivity contribution >= 4 is 34.8 Å². The summed E-state index contributed by atoms with van der Waals surface area (Å²) < 4.78 is 77.9. The Labute approximate surface area is 99.3 Å². The van der Waals surface area contributed by atoms with Crippen molar-refractivity contribution in [3.8, 4) is 0 Å². The summed E-state index contributed by atoms with van der Waals surface area (Å²) in [7, 11) is 0. The average Bonchev–Trinajstić information content (AvgIpc) is 2.17. The number of rotatable bonds is 1. The molecule has 1 heterocycles. The number of hydrogen-bond donors (Lipinski definition) is 0. The molecule has 0 aromatic carbocycles. The summed E-state index contributed by atoms with van der Waals surface area (Å²) in [6.45, 7) is 0. The Hall–Kier alpha value is 0.370. The zero-order valence-electron chi connectivity index (χ0n) is 6.80. The highest BCUT2D eigenvalue weighted by atomic mass is 35.5. The van der Waals surface area contributed by atoms with E-state index in [1.54, 1.807) is 0 Å². The molecule has 11 heteroatoms. The Morgan fingerprint density at radius 1 is 1.00 bits per heavy atom. The van der Waals surface area contributed by atoms with E-state index < -0.39 is 28.2 Å².